The second-order valence-electron chi connectivity index (χ2n) is 6.45. The molecule has 1 saturated heterocycles. The molecule has 26 heavy (non-hydrogen) atoms. The Bertz CT molecular complexity index is 758. The van der Waals surface area contributed by atoms with Crippen LogP contribution in [-0.2, 0) is 16.4 Å². The van der Waals surface area contributed by atoms with Gasteiger partial charge in [-0.2, -0.15) is 4.31 Å². The lowest BCUT2D eigenvalue weighted by atomic mass is 10.1. The van der Waals surface area contributed by atoms with E-state index in [1.54, 1.807) is 4.31 Å². The standard InChI is InChI=1S/C20H26N2O3S/c23-26(24,18-17-25-20-9-5-2-6-10-20)22-15-13-21(14-16-22)12-11-19-7-3-1-4-8-19/h1-10H,11-18H2. The first-order chi connectivity index (χ1) is 12.6. The lowest BCUT2D eigenvalue weighted by Gasteiger charge is -2.34. The van der Waals surface area contributed by atoms with E-state index in [0.29, 0.717) is 18.8 Å². The average molecular weight is 375 g/mol. The van der Waals surface area contributed by atoms with Crippen molar-refractivity contribution in [1.82, 2.24) is 9.21 Å². The van der Waals surface area contributed by atoms with Gasteiger partial charge in [0, 0.05) is 32.7 Å². The van der Waals surface area contributed by atoms with E-state index in [0.717, 1.165) is 26.1 Å². The van der Waals surface area contributed by atoms with Crippen LogP contribution in [0.2, 0.25) is 0 Å². The van der Waals surface area contributed by atoms with Crippen molar-refractivity contribution in [2.45, 2.75) is 6.42 Å². The van der Waals surface area contributed by atoms with Crippen molar-refractivity contribution in [1.29, 1.82) is 0 Å². The highest BCUT2D eigenvalue weighted by Crippen LogP contribution is 2.12. The summed E-state index contributed by atoms with van der Waals surface area (Å²) in [5.41, 5.74) is 1.32. The van der Waals surface area contributed by atoms with Crippen molar-refractivity contribution in [3.63, 3.8) is 0 Å². The Morgan fingerprint density at radius 2 is 1.46 bits per heavy atom. The van der Waals surface area contributed by atoms with Crippen LogP contribution >= 0.6 is 0 Å². The molecule has 0 saturated carbocycles. The van der Waals surface area contributed by atoms with Crippen molar-refractivity contribution in [3.05, 3.63) is 66.2 Å². The monoisotopic (exact) mass is 374 g/mol. The number of rotatable bonds is 8. The molecular formula is C20H26N2O3S. The summed E-state index contributed by atoms with van der Waals surface area (Å²) >= 11 is 0. The van der Waals surface area contributed by atoms with E-state index < -0.39 is 10.0 Å². The Kier molecular flexibility index (Phi) is 6.66. The summed E-state index contributed by atoms with van der Waals surface area (Å²) in [7, 11) is -3.26. The van der Waals surface area contributed by atoms with Crippen LogP contribution in [0.5, 0.6) is 5.75 Å². The number of sulfonamides is 1. The van der Waals surface area contributed by atoms with E-state index >= 15 is 0 Å². The van der Waals surface area contributed by atoms with Crippen LogP contribution in [0.1, 0.15) is 5.56 Å². The molecule has 1 heterocycles. The summed E-state index contributed by atoms with van der Waals surface area (Å²) in [4.78, 5) is 2.33. The number of piperazine rings is 1. The fourth-order valence-electron chi connectivity index (χ4n) is 3.07. The Labute approximate surface area is 156 Å². The van der Waals surface area contributed by atoms with Gasteiger partial charge in [-0.15, -0.1) is 0 Å². The summed E-state index contributed by atoms with van der Waals surface area (Å²) in [5, 5.41) is 0. The minimum Gasteiger partial charge on any atom is -0.492 e. The maximum absolute atomic E-state index is 12.5. The van der Waals surface area contributed by atoms with E-state index in [1.165, 1.54) is 5.56 Å². The zero-order valence-corrected chi connectivity index (χ0v) is 15.8. The average Bonchev–Trinajstić information content (AvgIpc) is 2.68. The summed E-state index contributed by atoms with van der Waals surface area (Å²) in [5.74, 6) is 0.722. The lowest BCUT2D eigenvalue weighted by Crippen LogP contribution is -2.50. The molecule has 3 rings (SSSR count). The van der Waals surface area contributed by atoms with Crippen LogP contribution in [-0.4, -0.2) is 62.7 Å². The smallest absolute Gasteiger partial charge is 0.217 e. The van der Waals surface area contributed by atoms with Gasteiger partial charge in [-0.3, -0.25) is 0 Å². The van der Waals surface area contributed by atoms with Gasteiger partial charge in [0.25, 0.3) is 0 Å². The number of benzene rings is 2. The van der Waals surface area contributed by atoms with Crippen LogP contribution in [0.25, 0.3) is 0 Å². The maximum Gasteiger partial charge on any atom is 0.217 e. The van der Waals surface area contributed by atoms with Crippen LogP contribution in [0.15, 0.2) is 60.7 Å². The third-order valence-electron chi connectivity index (χ3n) is 4.64. The molecule has 0 aliphatic carbocycles. The van der Waals surface area contributed by atoms with Gasteiger partial charge in [-0.25, -0.2) is 8.42 Å². The van der Waals surface area contributed by atoms with Gasteiger partial charge in [0.15, 0.2) is 0 Å². The van der Waals surface area contributed by atoms with E-state index in [2.05, 4.69) is 29.2 Å². The molecule has 0 aromatic heterocycles. The molecule has 0 atom stereocenters. The molecule has 0 amide bonds. The molecule has 0 bridgehead atoms. The first kappa shape index (κ1) is 18.9. The Morgan fingerprint density at radius 3 is 2.12 bits per heavy atom. The molecule has 1 aliphatic rings. The summed E-state index contributed by atoms with van der Waals surface area (Å²) < 4.78 is 32.1. The highest BCUT2D eigenvalue weighted by molar-refractivity contribution is 7.89. The summed E-state index contributed by atoms with van der Waals surface area (Å²) in [6.45, 7) is 3.83. The van der Waals surface area contributed by atoms with Crippen LogP contribution in [0.4, 0.5) is 0 Å². The predicted octanol–water partition coefficient (Wildman–Crippen LogP) is 2.26. The zero-order chi connectivity index (χ0) is 18.2. The third-order valence-corrected chi connectivity index (χ3v) is 6.47. The van der Waals surface area contributed by atoms with Crippen molar-refractivity contribution >= 4 is 10.0 Å². The van der Waals surface area contributed by atoms with E-state index in [4.69, 9.17) is 4.74 Å². The van der Waals surface area contributed by atoms with Gasteiger partial charge in [0.05, 0.1) is 5.75 Å². The highest BCUT2D eigenvalue weighted by Gasteiger charge is 2.26. The molecule has 5 nitrogen and oxygen atoms in total. The molecule has 0 N–H and O–H groups in total. The molecule has 1 fully saturated rings. The number of para-hydroxylation sites is 1. The molecule has 1 aliphatic heterocycles. The van der Waals surface area contributed by atoms with E-state index in [9.17, 15) is 8.42 Å². The van der Waals surface area contributed by atoms with Crippen molar-refractivity contribution in [3.8, 4) is 5.75 Å². The molecule has 0 unspecified atom stereocenters. The van der Waals surface area contributed by atoms with Gasteiger partial charge >= 0.3 is 0 Å². The lowest BCUT2D eigenvalue weighted by molar-refractivity contribution is 0.189. The number of ether oxygens (including phenoxy) is 1. The Hall–Kier alpha value is -1.89. The van der Waals surface area contributed by atoms with Crippen molar-refractivity contribution in [2.24, 2.45) is 0 Å². The van der Waals surface area contributed by atoms with Crippen LogP contribution in [0.3, 0.4) is 0 Å². The van der Waals surface area contributed by atoms with Gasteiger partial charge in [-0.05, 0) is 24.1 Å². The SMILES string of the molecule is O=S(=O)(CCOc1ccccc1)N1CCN(CCc2ccccc2)CC1. The zero-order valence-electron chi connectivity index (χ0n) is 15.0. The molecule has 6 heteroatoms. The van der Waals surface area contributed by atoms with E-state index in [-0.39, 0.29) is 12.4 Å². The van der Waals surface area contributed by atoms with Gasteiger partial charge < -0.3 is 9.64 Å². The molecular weight excluding hydrogens is 348 g/mol. The fraction of sp³-hybridized carbons (Fsp3) is 0.400. The molecule has 2 aromatic carbocycles. The second kappa shape index (κ2) is 9.16. The molecule has 2 aromatic rings. The summed E-state index contributed by atoms with van der Waals surface area (Å²) in [6.07, 6.45) is 0.999. The van der Waals surface area contributed by atoms with Crippen molar-refractivity contribution < 1.29 is 13.2 Å². The fourth-order valence-corrected chi connectivity index (χ4v) is 4.35. The first-order valence-electron chi connectivity index (χ1n) is 9.05. The van der Waals surface area contributed by atoms with Crippen LogP contribution < -0.4 is 4.74 Å². The minimum atomic E-state index is -3.26. The number of hydrogen-bond donors (Lipinski definition) is 0. The molecule has 0 radical (unpaired) electrons. The third kappa shape index (κ3) is 5.56. The predicted molar refractivity (Wildman–Crippen MR) is 104 cm³/mol. The van der Waals surface area contributed by atoms with Gasteiger partial charge in [-0.1, -0.05) is 48.5 Å². The summed E-state index contributed by atoms with van der Waals surface area (Å²) in [6, 6.07) is 19.7. The number of nitrogens with zero attached hydrogens (tertiary/aromatic N) is 2. The quantitative estimate of drug-likeness (QED) is 0.711. The van der Waals surface area contributed by atoms with Gasteiger partial charge in [0.1, 0.15) is 12.4 Å². The molecule has 140 valence electrons. The van der Waals surface area contributed by atoms with Gasteiger partial charge in [0.2, 0.25) is 10.0 Å². The largest absolute Gasteiger partial charge is 0.492 e. The van der Waals surface area contributed by atoms with Crippen molar-refractivity contribution in [2.75, 3.05) is 45.1 Å². The normalized spacial score (nSPS) is 16.5. The topological polar surface area (TPSA) is 49.9 Å². The van der Waals surface area contributed by atoms with Crippen LogP contribution in [0, 0.1) is 0 Å². The Balaban J connectivity index is 1.40. The number of hydrogen-bond acceptors (Lipinski definition) is 4. The Morgan fingerprint density at radius 1 is 0.846 bits per heavy atom. The first-order valence-corrected chi connectivity index (χ1v) is 10.7. The molecule has 0 spiro atoms. The minimum absolute atomic E-state index is 0.0198. The maximum atomic E-state index is 12.5. The second-order valence-corrected chi connectivity index (χ2v) is 8.54. The van der Waals surface area contributed by atoms with E-state index in [1.807, 2.05) is 36.4 Å². The highest BCUT2D eigenvalue weighted by atomic mass is 32.2.